The van der Waals surface area contributed by atoms with Crippen molar-refractivity contribution in [2.75, 3.05) is 13.2 Å². The van der Waals surface area contributed by atoms with Gasteiger partial charge in [-0.2, -0.15) is 0 Å². The summed E-state index contributed by atoms with van der Waals surface area (Å²) in [6, 6.07) is 12.9. The Morgan fingerprint density at radius 2 is 1.82 bits per heavy atom. The number of fused-ring (bicyclic) bond motifs is 1. The number of pyridine rings is 1. The average Bonchev–Trinajstić information content (AvgIpc) is 3.63. The molecule has 40 heavy (non-hydrogen) atoms. The van der Waals surface area contributed by atoms with Crippen molar-refractivity contribution in [3.05, 3.63) is 98.5 Å². The summed E-state index contributed by atoms with van der Waals surface area (Å²) in [5, 5.41) is 14.4. The maximum absolute atomic E-state index is 16.3. The molecule has 1 atom stereocenters. The number of aromatic nitrogens is 1. The van der Waals surface area contributed by atoms with Crippen LogP contribution in [0.15, 0.2) is 54.7 Å². The number of amides is 2. The van der Waals surface area contributed by atoms with Gasteiger partial charge in [-0.1, -0.05) is 35.3 Å². The summed E-state index contributed by atoms with van der Waals surface area (Å²) in [4.78, 5) is 31.6. The lowest BCUT2D eigenvalue weighted by molar-refractivity contribution is -0.128. The molecule has 210 valence electrons. The van der Waals surface area contributed by atoms with Gasteiger partial charge < -0.3 is 15.2 Å². The summed E-state index contributed by atoms with van der Waals surface area (Å²) >= 11 is 12.3. The number of benzene rings is 2. The van der Waals surface area contributed by atoms with Crippen molar-refractivity contribution in [3.63, 3.8) is 0 Å². The molecule has 0 bridgehead atoms. The lowest BCUT2D eigenvalue weighted by Gasteiger charge is -2.40. The molecule has 2 aliphatic rings. The second kappa shape index (κ2) is 10.4. The number of nitrogens with one attached hydrogen (secondary N) is 1. The Labute approximate surface area is 242 Å². The van der Waals surface area contributed by atoms with Gasteiger partial charge in [-0.3, -0.25) is 19.5 Å². The van der Waals surface area contributed by atoms with Gasteiger partial charge in [0.15, 0.2) is 5.72 Å². The summed E-state index contributed by atoms with van der Waals surface area (Å²) in [6.45, 7) is 5.06. The van der Waals surface area contributed by atoms with Gasteiger partial charge in [-0.25, -0.2) is 4.39 Å². The van der Waals surface area contributed by atoms with Crippen LogP contribution in [-0.4, -0.2) is 40.0 Å². The highest BCUT2D eigenvalue weighted by Gasteiger charge is 2.56. The second-order valence-electron chi connectivity index (χ2n) is 11.1. The van der Waals surface area contributed by atoms with Gasteiger partial charge in [-0.15, -0.1) is 0 Å². The largest absolute Gasteiger partial charge is 0.386 e. The van der Waals surface area contributed by atoms with Crippen LogP contribution in [0.1, 0.15) is 66.4 Å². The Balaban J connectivity index is 1.69. The van der Waals surface area contributed by atoms with Gasteiger partial charge in [-0.05, 0) is 68.7 Å². The van der Waals surface area contributed by atoms with Crippen molar-refractivity contribution in [1.82, 2.24) is 15.2 Å². The van der Waals surface area contributed by atoms with Crippen LogP contribution >= 0.6 is 23.2 Å². The van der Waals surface area contributed by atoms with Crippen molar-refractivity contribution in [1.29, 1.82) is 0 Å². The summed E-state index contributed by atoms with van der Waals surface area (Å²) in [5.74, 6) is -1.31. The van der Waals surface area contributed by atoms with Gasteiger partial charge in [0.25, 0.3) is 5.91 Å². The Morgan fingerprint density at radius 1 is 1.15 bits per heavy atom. The zero-order chi connectivity index (χ0) is 28.9. The second-order valence-corrected chi connectivity index (χ2v) is 12.0. The Bertz CT molecular complexity index is 1450. The summed E-state index contributed by atoms with van der Waals surface area (Å²) in [7, 11) is 0. The number of hydrogen-bond donors (Lipinski definition) is 2. The highest BCUT2D eigenvalue weighted by molar-refractivity contribution is 6.30. The molecule has 1 aliphatic carbocycles. The molecule has 10 heteroatoms. The molecule has 3 aromatic rings. The predicted octanol–water partition coefficient (Wildman–Crippen LogP) is 5.54. The van der Waals surface area contributed by atoms with Crippen molar-refractivity contribution in [2.45, 2.75) is 51.5 Å². The zero-order valence-corrected chi connectivity index (χ0v) is 23.9. The van der Waals surface area contributed by atoms with E-state index in [9.17, 15) is 14.7 Å². The minimum Gasteiger partial charge on any atom is -0.386 e. The molecule has 1 aliphatic heterocycles. The predicted molar refractivity (Wildman–Crippen MR) is 149 cm³/mol. The van der Waals surface area contributed by atoms with Crippen LogP contribution in [0.3, 0.4) is 0 Å². The van der Waals surface area contributed by atoms with E-state index in [1.54, 1.807) is 36.4 Å². The van der Waals surface area contributed by atoms with Crippen molar-refractivity contribution in [3.8, 4) is 0 Å². The van der Waals surface area contributed by atoms with Gasteiger partial charge in [0.05, 0.1) is 40.6 Å². The maximum Gasteiger partial charge on any atom is 0.257 e. The van der Waals surface area contributed by atoms with Crippen LogP contribution in [0.4, 0.5) is 4.39 Å². The molecule has 1 aromatic heterocycles. The molecule has 0 spiro atoms. The molecule has 5 rings (SSSR count). The van der Waals surface area contributed by atoms with Crippen molar-refractivity contribution in [2.24, 2.45) is 5.41 Å². The van der Waals surface area contributed by atoms with Gasteiger partial charge in [0.1, 0.15) is 5.82 Å². The molecular formula is C30H30Cl2FN3O4. The Hall–Kier alpha value is -3.04. The Morgan fingerprint density at radius 3 is 2.40 bits per heavy atom. The van der Waals surface area contributed by atoms with Gasteiger partial charge in [0.2, 0.25) is 5.91 Å². The molecule has 2 aromatic carbocycles. The van der Waals surface area contributed by atoms with E-state index in [1.807, 2.05) is 0 Å². The highest BCUT2D eigenvalue weighted by Crippen LogP contribution is 2.52. The van der Waals surface area contributed by atoms with Crippen LogP contribution < -0.4 is 5.32 Å². The highest BCUT2D eigenvalue weighted by atomic mass is 35.5. The van der Waals surface area contributed by atoms with E-state index in [1.165, 1.54) is 44.0 Å². The van der Waals surface area contributed by atoms with E-state index in [2.05, 4.69) is 10.3 Å². The molecule has 0 unspecified atom stereocenters. The van der Waals surface area contributed by atoms with E-state index in [0.717, 1.165) is 12.8 Å². The average molecular weight is 586 g/mol. The number of ether oxygens (including phenoxy) is 1. The molecule has 2 amide bonds. The van der Waals surface area contributed by atoms with Crippen molar-refractivity contribution >= 4 is 35.0 Å². The first-order valence-electron chi connectivity index (χ1n) is 13.0. The standard InChI is InChI=1S/C30H30Cl2FN3O4/c1-18(37)35-16-29(10-11-29)17-40-30(19-4-6-21(31)7-5-19)26-24(12-20(13-25(26)33)28(2,3)39)27(38)36(30)15-23-9-8-22(32)14-34-23/h4-9,12-14,39H,10-11,15-17H2,1-3H3,(H,35,37)/t30-/m1/s1. The van der Waals surface area contributed by atoms with E-state index < -0.39 is 23.1 Å². The minimum atomic E-state index is -1.67. The topological polar surface area (TPSA) is 91.8 Å². The third-order valence-electron chi connectivity index (χ3n) is 7.59. The lowest BCUT2D eigenvalue weighted by Crippen LogP contribution is -2.48. The fraction of sp³-hybridized carbons (Fsp3) is 0.367. The van der Waals surface area contributed by atoms with Crippen LogP contribution in [-0.2, 0) is 27.4 Å². The number of nitrogens with zero attached hydrogens (tertiary/aromatic N) is 2. The molecule has 2 N–H and O–H groups in total. The van der Waals surface area contributed by atoms with Gasteiger partial charge >= 0.3 is 0 Å². The van der Waals surface area contributed by atoms with E-state index in [4.69, 9.17) is 27.9 Å². The van der Waals surface area contributed by atoms with E-state index >= 15 is 4.39 Å². The number of halogens is 3. The summed E-state index contributed by atoms with van der Waals surface area (Å²) < 4.78 is 23.0. The van der Waals surface area contributed by atoms with Gasteiger partial charge in [0, 0.05) is 35.7 Å². The maximum atomic E-state index is 16.3. The molecule has 7 nitrogen and oxygen atoms in total. The summed E-state index contributed by atoms with van der Waals surface area (Å²) in [5.41, 5.74) is -1.97. The number of hydrogen-bond acceptors (Lipinski definition) is 5. The van der Waals surface area contributed by atoms with Crippen molar-refractivity contribution < 1.29 is 23.8 Å². The van der Waals surface area contributed by atoms with Crippen LogP contribution in [0.25, 0.3) is 0 Å². The smallest absolute Gasteiger partial charge is 0.257 e. The first-order valence-corrected chi connectivity index (χ1v) is 13.7. The Kier molecular flexibility index (Phi) is 7.42. The molecule has 0 saturated heterocycles. The lowest BCUT2D eigenvalue weighted by atomic mass is 9.88. The quantitative estimate of drug-likeness (QED) is 0.344. The molecular weight excluding hydrogens is 556 g/mol. The molecule has 1 saturated carbocycles. The third-order valence-corrected chi connectivity index (χ3v) is 8.07. The van der Waals surface area contributed by atoms with Crippen LogP contribution in [0.2, 0.25) is 10.0 Å². The van der Waals surface area contributed by atoms with Crippen LogP contribution in [0.5, 0.6) is 0 Å². The third kappa shape index (κ3) is 5.33. The molecule has 1 fully saturated rings. The number of carbonyl (C=O) groups is 2. The molecule has 2 heterocycles. The minimum absolute atomic E-state index is 0.0106. The SMILES string of the molecule is CC(=O)NCC1(CO[C@]2(c3ccc(Cl)cc3)c3c(F)cc(C(C)(C)O)cc3C(=O)N2Cc2ccc(Cl)cn2)CC1. The number of aliphatic hydroxyl groups is 1. The normalized spacial score (nSPS) is 19.5. The van der Waals surface area contributed by atoms with E-state index in [0.29, 0.717) is 27.8 Å². The first-order chi connectivity index (χ1) is 18.8. The fourth-order valence-corrected chi connectivity index (χ4v) is 5.31. The van der Waals surface area contributed by atoms with Crippen LogP contribution in [0, 0.1) is 11.2 Å². The summed E-state index contributed by atoms with van der Waals surface area (Å²) in [6.07, 6.45) is 3.10. The zero-order valence-electron chi connectivity index (χ0n) is 22.4. The number of rotatable bonds is 9. The monoisotopic (exact) mass is 585 g/mol. The molecule has 0 radical (unpaired) electrons. The van der Waals surface area contributed by atoms with E-state index in [-0.39, 0.29) is 41.2 Å². The fourth-order valence-electron chi connectivity index (χ4n) is 5.07. The first kappa shape index (κ1) is 28.5. The number of carbonyl (C=O) groups excluding carboxylic acids is 2.